The predicted molar refractivity (Wildman–Crippen MR) is 91.8 cm³/mol. The summed E-state index contributed by atoms with van der Waals surface area (Å²) in [6, 6.07) is 0. The van der Waals surface area contributed by atoms with Crippen molar-refractivity contribution >= 4 is 5.97 Å². The first-order valence-corrected chi connectivity index (χ1v) is 9.41. The zero-order valence-corrected chi connectivity index (χ0v) is 14.9. The lowest BCUT2D eigenvalue weighted by Gasteiger charge is -2.08. The molecule has 0 saturated carbocycles. The van der Waals surface area contributed by atoms with Crippen LogP contribution in [0, 0.1) is 0 Å². The highest BCUT2D eigenvalue weighted by atomic mass is 19.1. The third-order valence-electron chi connectivity index (χ3n) is 4.25. The van der Waals surface area contributed by atoms with Crippen LogP contribution in [0.3, 0.4) is 0 Å². The van der Waals surface area contributed by atoms with E-state index in [9.17, 15) is 9.18 Å². The van der Waals surface area contributed by atoms with Gasteiger partial charge in [-0.25, -0.2) is 4.39 Å². The molecule has 0 heterocycles. The second-order valence-electron chi connectivity index (χ2n) is 6.39. The van der Waals surface area contributed by atoms with Crippen LogP contribution in [0.15, 0.2) is 0 Å². The van der Waals surface area contributed by atoms with Crippen molar-refractivity contribution in [1.29, 1.82) is 0 Å². The Balaban J connectivity index is 3.19. The third kappa shape index (κ3) is 15.8. The number of rotatable bonds is 16. The number of ether oxygens (including phenoxy) is 1. The van der Waals surface area contributed by atoms with Crippen molar-refractivity contribution in [1.82, 2.24) is 0 Å². The maximum Gasteiger partial charge on any atom is 0.305 e. The van der Waals surface area contributed by atoms with Crippen LogP contribution in [0.1, 0.15) is 103 Å². The van der Waals surface area contributed by atoms with E-state index in [1.54, 1.807) is 0 Å². The fourth-order valence-corrected chi connectivity index (χ4v) is 2.73. The topological polar surface area (TPSA) is 26.3 Å². The second kappa shape index (κ2) is 16.8. The first kappa shape index (κ1) is 21.4. The summed E-state index contributed by atoms with van der Waals surface area (Å²) in [4.78, 5) is 10.9. The summed E-state index contributed by atoms with van der Waals surface area (Å²) in [5.74, 6) is -0.126. The Morgan fingerprint density at radius 1 is 0.818 bits per heavy atom. The molecule has 0 spiro atoms. The van der Waals surface area contributed by atoms with E-state index in [1.165, 1.54) is 45.6 Å². The van der Waals surface area contributed by atoms with Crippen molar-refractivity contribution in [2.75, 3.05) is 7.11 Å². The molecule has 0 aromatic rings. The first-order valence-electron chi connectivity index (χ1n) is 9.41. The molecule has 1 atom stereocenters. The lowest BCUT2D eigenvalue weighted by molar-refractivity contribution is -0.140. The van der Waals surface area contributed by atoms with Crippen LogP contribution >= 0.6 is 0 Å². The molecule has 0 radical (unpaired) electrons. The van der Waals surface area contributed by atoms with Gasteiger partial charge in [-0.2, -0.15) is 0 Å². The molecular weight excluding hydrogens is 279 g/mol. The Hall–Kier alpha value is -0.600. The van der Waals surface area contributed by atoms with E-state index >= 15 is 0 Å². The summed E-state index contributed by atoms with van der Waals surface area (Å²) in [6.07, 6.45) is 15.3. The molecule has 0 unspecified atom stereocenters. The Bertz CT molecular complexity index is 244. The molecule has 22 heavy (non-hydrogen) atoms. The largest absolute Gasteiger partial charge is 0.469 e. The minimum Gasteiger partial charge on any atom is -0.469 e. The lowest BCUT2D eigenvalue weighted by Crippen LogP contribution is -2.00. The molecule has 0 aromatic heterocycles. The lowest BCUT2D eigenvalue weighted by atomic mass is 10.0. The van der Waals surface area contributed by atoms with Crippen LogP contribution in [-0.4, -0.2) is 19.3 Å². The van der Waals surface area contributed by atoms with Gasteiger partial charge in [-0.1, -0.05) is 77.6 Å². The third-order valence-corrected chi connectivity index (χ3v) is 4.25. The molecule has 132 valence electrons. The van der Waals surface area contributed by atoms with Gasteiger partial charge >= 0.3 is 5.97 Å². The molecule has 0 amide bonds. The van der Waals surface area contributed by atoms with Crippen LogP contribution in [0.5, 0.6) is 0 Å². The molecular formula is C19H37FO2. The smallest absolute Gasteiger partial charge is 0.305 e. The molecule has 0 aliphatic heterocycles. The molecule has 2 nitrogen and oxygen atoms in total. The fourth-order valence-electron chi connectivity index (χ4n) is 2.73. The summed E-state index contributed by atoms with van der Waals surface area (Å²) in [5.41, 5.74) is 0. The number of halogens is 1. The highest BCUT2D eigenvalue weighted by Crippen LogP contribution is 2.16. The predicted octanol–water partition coefficient (Wildman–Crippen LogP) is 6.37. The van der Waals surface area contributed by atoms with Crippen LogP contribution in [0.25, 0.3) is 0 Å². The number of carbonyl (C=O) groups is 1. The number of methoxy groups -OCH3 is 1. The van der Waals surface area contributed by atoms with Gasteiger partial charge in [-0.3, -0.25) is 4.79 Å². The van der Waals surface area contributed by atoms with E-state index in [2.05, 4.69) is 11.7 Å². The second-order valence-corrected chi connectivity index (χ2v) is 6.39. The average molecular weight is 317 g/mol. The van der Waals surface area contributed by atoms with Gasteiger partial charge in [0.15, 0.2) is 0 Å². The maximum atomic E-state index is 13.7. The maximum absolute atomic E-state index is 13.7. The highest BCUT2D eigenvalue weighted by Gasteiger charge is 2.06. The van der Waals surface area contributed by atoms with Gasteiger partial charge in [0.2, 0.25) is 0 Å². The standard InChI is InChI=1S/C19H37FO2/c1-3-4-5-6-7-9-12-15-18(20)16-13-10-8-11-14-17-19(21)22-2/h18H,3-17H2,1-2H3/t18-/m0/s1. The van der Waals surface area contributed by atoms with Gasteiger partial charge in [0.25, 0.3) is 0 Å². The minimum atomic E-state index is -0.606. The molecule has 0 aromatic carbocycles. The monoisotopic (exact) mass is 316 g/mol. The molecule has 0 saturated heterocycles. The first-order chi connectivity index (χ1) is 10.7. The summed E-state index contributed by atoms with van der Waals surface area (Å²) in [7, 11) is 1.43. The number of esters is 1. The van der Waals surface area contributed by atoms with E-state index in [4.69, 9.17) is 0 Å². The van der Waals surface area contributed by atoms with Crippen molar-refractivity contribution < 1.29 is 13.9 Å². The molecule has 3 heteroatoms. The zero-order chi connectivity index (χ0) is 16.5. The summed E-state index contributed by atoms with van der Waals surface area (Å²) in [6.45, 7) is 2.23. The number of hydrogen-bond donors (Lipinski definition) is 0. The van der Waals surface area contributed by atoms with Crippen LogP contribution in [0.4, 0.5) is 4.39 Å². The normalized spacial score (nSPS) is 12.3. The molecule has 0 aliphatic carbocycles. The van der Waals surface area contributed by atoms with Gasteiger partial charge in [-0.05, 0) is 19.3 Å². The van der Waals surface area contributed by atoms with Crippen molar-refractivity contribution in [3.8, 4) is 0 Å². The summed E-state index contributed by atoms with van der Waals surface area (Å²) < 4.78 is 18.3. The average Bonchev–Trinajstić information content (AvgIpc) is 2.52. The fraction of sp³-hybridized carbons (Fsp3) is 0.947. The van der Waals surface area contributed by atoms with E-state index < -0.39 is 6.17 Å². The Morgan fingerprint density at radius 2 is 1.27 bits per heavy atom. The van der Waals surface area contributed by atoms with E-state index in [1.807, 2.05) is 0 Å². The van der Waals surface area contributed by atoms with E-state index in [-0.39, 0.29) is 5.97 Å². The molecule has 0 aliphatic rings. The van der Waals surface area contributed by atoms with Crippen LogP contribution in [-0.2, 0) is 9.53 Å². The highest BCUT2D eigenvalue weighted by molar-refractivity contribution is 5.68. The van der Waals surface area contributed by atoms with Gasteiger partial charge < -0.3 is 4.74 Å². The van der Waals surface area contributed by atoms with Crippen molar-refractivity contribution in [2.45, 2.75) is 109 Å². The minimum absolute atomic E-state index is 0.126. The van der Waals surface area contributed by atoms with E-state index in [0.717, 1.165) is 44.9 Å². The quantitative estimate of drug-likeness (QED) is 0.244. The molecule has 0 N–H and O–H groups in total. The van der Waals surface area contributed by atoms with Gasteiger partial charge in [0.1, 0.15) is 6.17 Å². The van der Waals surface area contributed by atoms with Gasteiger partial charge in [-0.15, -0.1) is 0 Å². The Kier molecular flexibility index (Phi) is 16.3. The SMILES string of the molecule is CCCCCCCCC[C@H](F)CCCCCCCC(=O)OC. The van der Waals surface area contributed by atoms with Crippen molar-refractivity contribution in [3.05, 3.63) is 0 Å². The zero-order valence-electron chi connectivity index (χ0n) is 14.9. The van der Waals surface area contributed by atoms with Crippen LogP contribution in [0.2, 0.25) is 0 Å². The molecule has 0 fully saturated rings. The Labute approximate surface area is 137 Å². The van der Waals surface area contributed by atoms with E-state index in [0.29, 0.717) is 12.8 Å². The Morgan fingerprint density at radius 3 is 1.77 bits per heavy atom. The number of carbonyl (C=O) groups excluding carboxylic acids is 1. The van der Waals surface area contributed by atoms with Gasteiger partial charge in [0.05, 0.1) is 7.11 Å². The van der Waals surface area contributed by atoms with Crippen LogP contribution < -0.4 is 0 Å². The van der Waals surface area contributed by atoms with Gasteiger partial charge in [0, 0.05) is 6.42 Å². The molecule has 0 bridgehead atoms. The summed E-state index contributed by atoms with van der Waals surface area (Å²) >= 11 is 0. The number of alkyl halides is 1. The number of unbranched alkanes of at least 4 members (excludes halogenated alkanes) is 10. The van der Waals surface area contributed by atoms with Crippen molar-refractivity contribution in [3.63, 3.8) is 0 Å². The number of hydrogen-bond acceptors (Lipinski definition) is 2. The van der Waals surface area contributed by atoms with Crippen molar-refractivity contribution in [2.24, 2.45) is 0 Å². The molecule has 0 rings (SSSR count). The summed E-state index contributed by atoms with van der Waals surface area (Å²) in [5, 5.41) is 0.